The van der Waals surface area contributed by atoms with E-state index in [1.807, 2.05) is 11.8 Å². The van der Waals surface area contributed by atoms with Crippen LogP contribution in [-0.4, -0.2) is 74.2 Å². The van der Waals surface area contributed by atoms with Gasteiger partial charge in [0.05, 0.1) is 18.7 Å². The zero-order chi connectivity index (χ0) is 20.6. The van der Waals surface area contributed by atoms with Crippen LogP contribution in [0.25, 0.3) is 0 Å². The lowest BCUT2D eigenvalue weighted by Crippen LogP contribution is -2.53. The molecule has 1 aliphatic rings. The van der Waals surface area contributed by atoms with Crippen molar-refractivity contribution in [1.29, 1.82) is 0 Å². The van der Waals surface area contributed by atoms with Crippen molar-refractivity contribution in [2.45, 2.75) is 13.1 Å². The van der Waals surface area contributed by atoms with Gasteiger partial charge < -0.3 is 20.3 Å². The number of halogens is 3. The Morgan fingerprint density at radius 3 is 2.43 bits per heavy atom. The van der Waals surface area contributed by atoms with E-state index in [0.717, 1.165) is 6.07 Å². The van der Waals surface area contributed by atoms with Crippen LogP contribution in [0.15, 0.2) is 24.3 Å². The second-order valence-corrected chi connectivity index (χ2v) is 6.29. The summed E-state index contributed by atoms with van der Waals surface area (Å²) < 4.78 is 43.9. The molecule has 0 bridgehead atoms. The van der Waals surface area contributed by atoms with Gasteiger partial charge in [-0.25, -0.2) is 4.79 Å². The molecular formula is C18H25F3N4O3. The first-order chi connectivity index (χ1) is 13.3. The number of carbonyl (C=O) groups is 2. The van der Waals surface area contributed by atoms with E-state index in [-0.39, 0.29) is 30.8 Å². The van der Waals surface area contributed by atoms with Gasteiger partial charge in [-0.05, 0) is 19.1 Å². The molecule has 0 saturated carbocycles. The molecule has 10 heteroatoms. The van der Waals surface area contributed by atoms with Crippen molar-refractivity contribution in [3.05, 3.63) is 29.8 Å². The Kier molecular flexibility index (Phi) is 7.91. The first-order valence-electron chi connectivity index (χ1n) is 9.12. The molecule has 1 aliphatic heterocycles. The van der Waals surface area contributed by atoms with E-state index in [2.05, 4.69) is 10.6 Å². The monoisotopic (exact) mass is 402 g/mol. The molecule has 0 aromatic heterocycles. The maximum Gasteiger partial charge on any atom is 0.419 e. The number of para-hydroxylation sites is 1. The van der Waals surface area contributed by atoms with Crippen molar-refractivity contribution in [1.82, 2.24) is 20.4 Å². The first kappa shape index (κ1) is 21.8. The fraction of sp³-hybridized carbons (Fsp3) is 0.556. The minimum absolute atomic E-state index is 0.0447. The molecule has 1 saturated heterocycles. The van der Waals surface area contributed by atoms with Gasteiger partial charge in [-0.1, -0.05) is 12.1 Å². The lowest BCUT2D eigenvalue weighted by Gasteiger charge is -2.34. The highest BCUT2D eigenvalue weighted by molar-refractivity contribution is 5.78. The number of alkyl halides is 3. The largest absolute Gasteiger partial charge is 0.491 e. The van der Waals surface area contributed by atoms with Gasteiger partial charge in [0.1, 0.15) is 12.4 Å². The normalized spacial score (nSPS) is 15.2. The van der Waals surface area contributed by atoms with Crippen molar-refractivity contribution in [2.75, 3.05) is 52.4 Å². The summed E-state index contributed by atoms with van der Waals surface area (Å²) in [7, 11) is 0. The maximum absolute atomic E-state index is 12.9. The van der Waals surface area contributed by atoms with Crippen molar-refractivity contribution in [3.8, 4) is 5.75 Å². The van der Waals surface area contributed by atoms with Gasteiger partial charge in [-0.3, -0.25) is 9.69 Å². The van der Waals surface area contributed by atoms with Crippen molar-refractivity contribution >= 4 is 11.9 Å². The van der Waals surface area contributed by atoms with E-state index >= 15 is 0 Å². The van der Waals surface area contributed by atoms with Gasteiger partial charge in [0.2, 0.25) is 5.91 Å². The van der Waals surface area contributed by atoms with Crippen LogP contribution in [0, 0.1) is 0 Å². The highest BCUT2D eigenvalue weighted by atomic mass is 19.4. The van der Waals surface area contributed by atoms with Crippen LogP contribution in [0.3, 0.4) is 0 Å². The van der Waals surface area contributed by atoms with Crippen molar-refractivity contribution in [2.24, 2.45) is 0 Å². The Labute approximate surface area is 161 Å². The van der Waals surface area contributed by atoms with Crippen LogP contribution in [0.4, 0.5) is 18.0 Å². The highest BCUT2D eigenvalue weighted by Crippen LogP contribution is 2.35. The van der Waals surface area contributed by atoms with Gasteiger partial charge in [0, 0.05) is 32.7 Å². The fourth-order valence-corrected chi connectivity index (χ4v) is 2.82. The van der Waals surface area contributed by atoms with Gasteiger partial charge in [-0.15, -0.1) is 0 Å². The summed E-state index contributed by atoms with van der Waals surface area (Å²) in [5.74, 6) is -0.306. The quantitative estimate of drug-likeness (QED) is 0.679. The minimum Gasteiger partial charge on any atom is -0.491 e. The SMILES string of the molecule is CCNC(=O)CN1CCN(C(=O)NCCOc2ccccc2C(F)(F)F)CC1. The van der Waals surface area contributed by atoms with Crippen LogP contribution in [-0.2, 0) is 11.0 Å². The summed E-state index contributed by atoms with van der Waals surface area (Å²) >= 11 is 0. The lowest BCUT2D eigenvalue weighted by atomic mass is 10.2. The number of carbonyl (C=O) groups excluding carboxylic acids is 2. The molecule has 0 unspecified atom stereocenters. The third-order valence-electron chi connectivity index (χ3n) is 4.23. The number of benzene rings is 1. The minimum atomic E-state index is -4.49. The van der Waals surface area contributed by atoms with Crippen LogP contribution in [0.2, 0.25) is 0 Å². The third-order valence-corrected chi connectivity index (χ3v) is 4.23. The number of ether oxygens (including phenoxy) is 1. The number of hydrogen-bond donors (Lipinski definition) is 2. The topological polar surface area (TPSA) is 73.9 Å². The highest BCUT2D eigenvalue weighted by Gasteiger charge is 2.34. The number of nitrogens with one attached hydrogen (secondary N) is 2. The molecule has 3 amide bonds. The summed E-state index contributed by atoms with van der Waals surface area (Å²) in [5, 5.41) is 5.37. The molecule has 2 rings (SSSR count). The Bertz CT molecular complexity index is 662. The molecular weight excluding hydrogens is 377 g/mol. The number of likely N-dealkylation sites (N-methyl/N-ethyl adjacent to an activating group) is 1. The number of rotatable bonds is 7. The van der Waals surface area contributed by atoms with Crippen LogP contribution < -0.4 is 15.4 Å². The molecule has 1 fully saturated rings. The predicted octanol–water partition coefficient (Wildman–Crippen LogP) is 1.55. The molecule has 1 heterocycles. The first-order valence-corrected chi connectivity index (χ1v) is 9.12. The average Bonchev–Trinajstić information content (AvgIpc) is 2.65. The van der Waals surface area contributed by atoms with Crippen molar-refractivity contribution in [3.63, 3.8) is 0 Å². The van der Waals surface area contributed by atoms with Crippen LogP contribution in [0.5, 0.6) is 5.75 Å². The summed E-state index contributed by atoms with van der Waals surface area (Å²) in [6.07, 6.45) is -4.49. The zero-order valence-electron chi connectivity index (χ0n) is 15.7. The van der Waals surface area contributed by atoms with E-state index < -0.39 is 11.7 Å². The van der Waals surface area contributed by atoms with Crippen LogP contribution in [0.1, 0.15) is 12.5 Å². The summed E-state index contributed by atoms with van der Waals surface area (Å²) in [6, 6.07) is 4.66. The second-order valence-electron chi connectivity index (χ2n) is 6.29. The van der Waals surface area contributed by atoms with E-state index in [9.17, 15) is 22.8 Å². The van der Waals surface area contributed by atoms with Crippen LogP contribution >= 0.6 is 0 Å². The molecule has 2 N–H and O–H groups in total. The summed E-state index contributed by atoms with van der Waals surface area (Å²) in [6.45, 7) is 4.87. The smallest absolute Gasteiger partial charge is 0.419 e. The Balaban J connectivity index is 1.70. The Morgan fingerprint density at radius 2 is 1.79 bits per heavy atom. The van der Waals surface area contributed by atoms with E-state index in [1.54, 1.807) is 4.90 Å². The molecule has 0 aliphatic carbocycles. The molecule has 7 nitrogen and oxygen atoms in total. The third kappa shape index (κ3) is 6.59. The fourth-order valence-electron chi connectivity index (χ4n) is 2.82. The molecule has 0 atom stereocenters. The Morgan fingerprint density at radius 1 is 1.11 bits per heavy atom. The van der Waals surface area contributed by atoms with Gasteiger partial charge in [0.15, 0.2) is 0 Å². The molecule has 28 heavy (non-hydrogen) atoms. The number of piperazine rings is 1. The van der Waals surface area contributed by atoms with Gasteiger partial charge >= 0.3 is 12.2 Å². The molecule has 0 radical (unpaired) electrons. The zero-order valence-corrected chi connectivity index (χ0v) is 15.7. The molecule has 0 spiro atoms. The second kappa shape index (κ2) is 10.2. The molecule has 1 aromatic carbocycles. The molecule has 1 aromatic rings. The van der Waals surface area contributed by atoms with Gasteiger partial charge in [-0.2, -0.15) is 13.2 Å². The van der Waals surface area contributed by atoms with E-state index in [0.29, 0.717) is 39.3 Å². The predicted molar refractivity (Wildman–Crippen MR) is 97.0 cm³/mol. The summed E-state index contributed by atoms with van der Waals surface area (Å²) in [5.41, 5.74) is -0.843. The lowest BCUT2D eigenvalue weighted by molar-refractivity contribution is -0.139. The molecule has 156 valence electrons. The summed E-state index contributed by atoms with van der Waals surface area (Å²) in [4.78, 5) is 27.3. The number of nitrogens with zero attached hydrogens (tertiary/aromatic N) is 2. The van der Waals surface area contributed by atoms with E-state index in [4.69, 9.17) is 4.74 Å². The van der Waals surface area contributed by atoms with Gasteiger partial charge in [0.25, 0.3) is 0 Å². The number of urea groups is 1. The number of amides is 3. The average molecular weight is 402 g/mol. The number of hydrogen-bond acceptors (Lipinski definition) is 4. The van der Waals surface area contributed by atoms with E-state index in [1.165, 1.54) is 18.2 Å². The standard InChI is InChI=1S/C18H25F3N4O3/c1-2-22-16(26)13-24-8-10-25(11-9-24)17(27)23-7-12-28-15-6-4-3-5-14(15)18(19,20)21/h3-6H,2,7-13H2,1H3,(H,22,26)(H,23,27). The Hall–Kier alpha value is -2.49. The maximum atomic E-state index is 12.9. The van der Waals surface area contributed by atoms with Crippen molar-refractivity contribution < 1.29 is 27.5 Å².